The zero-order valence-electron chi connectivity index (χ0n) is 16.9. The molecule has 4 unspecified atom stereocenters. The number of fused-ring (bicyclic) bond motifs is 5. The number of nitrogens with zero attached hydrogens (tertiary/aromatic N) is 4. The molecule has 158 valence electrons. The van der Waals surface area contributed by atoms with E-state index in [2.05, 4.69) is 32.9 Å². The lowest BCUT2D eigenvalue weighted by atomic mass is 9.85. The predicted molar refractivity (Wildman–Crippen MR) is 120 cm³/mol. The zero-order chi connectivity index (χ0) is 19.7. The first-order valence-electron chi connectivity index (χ1n) is 10.1. The molecule has 2 heterocycles. The Labute approximate surface area is 188 Å². The van der Waals surface area contributed by atoms with Gasteiger partial charge in [-0.2, -0.15) is 5.10 Å². The number of carbonyl (C=O) groups is 2. The molecule has 29 heavy (non-hydrogen) atoms. The zero-order valence-corrected chi connectivity index (χ0v) is 19.2. The van der Waals surface area contributed by atoms with Crippen molar-refractivity contribution in [1.29, 1.82) is 0 Å². The smallest absolute Gasteiger partial charge is 0.233 e. The summed E-state index contributed by atoms with van der Waals surface area (Å²) in [7, 11) is 1.88. The quantitative estimate of drug-likeness (QED) is 0.144. The van der Waals surface area contributed by atoms with Crippen molar-refractivity contribution in [3.8, 4) is 0 Å². The predicted octanol–water partition coefficient (Wildman–Crippen LogP) is 1.29. The van der Waals surface area contributed by atoms with Crippen molar-refractivity contribution in [1.82, 2.24) is 25.3 Å². The van der Waals surface area contributed by atoms with E-state index in [1.54, 1.807) is 10.9 Å². The Balaban J connectivity index is 0.00000240. The molecule has 2 aliphatic carbocycles. The third-order valence-electron chi connectivity index (χ3n) is 5.93. The maximum atomic E-state index is 12.7. The van der Waals surface area contributed by atoms with E-state index < -0.39 is 0 Å². The second kappa shape index (κ2) is 9.27. The number of hydrogen-bond donors (Lipinski definition) is 2. The minimum absolute atomic E-state index is 0. The minimum atomic E-state index is -0.103. The van der Waals surface area contributed by atoms with Gasteiger partial charge >= 0.3 is 0 Å². The summed E-state index contributed by atoms with van der Waals surface area (Å²) in [5.74, 6) is 1.13. The van der Waals surface area contributed by atoms with Crippen LogP contribution in [0.2, 0.25) is 0 Å². The summed E-state index contributed by atoms with van der Waals surface area (Å²) in [6.07, 6.45) is 9.68. The SMILES string of the molecule is CCNC(=NCc1cnn(C)c1)NCCCN1C(=O)C2C3C=CC(C3)C2C1=O.I. The Bertz CT molecular complexity index is 790. The molecule has 2 bridgehead atoms. The molecule has 0 spiro atoms. The minimum Gasteiger partial charge on any atom is -0.357 e. The van der Waals surface area contributed by atoms with Crippen LogP contribution in [0.15, 0.2) is 29.5 Å². The number of halogens is 1. The van der Waals surface area contributed by atoms with Crippen molar-refractivity contribution in [3.05, 3.63) is 30.1 Å². The first-order chi connectivity index (χ1) is 13.6. The number of rotatable bonds is 7. The molecule has 0 radical (unpaired) electrons. The topological polar surface area (TPSA) is 91.6 Å². The molecule has 4 rings (SSSR count). The van der Waals surface area contributed by atoms with E-state index in [-0.39, 0.29) is 59.5 Å². The van der Waals surface area contributed by atoms with Crippen LogP contribution >= 0.6 is 24.0 Å². The molecule has 2 fully saturated rings. The Morgan fingerprint density at radius 3 is 2.48 bits per heavy atom. The highest BCUT2D eigenvalue weighted by atomic mass is 127. The van der Waals surface area contributed by atoms with E-state index in [4.69, 9.17) is 0 Å². The van der Waals surface area contributed by atoms with Crippen molar-refractivity contribution in [2.24, 2.45) is 35.7 Å². The molecule has 1 saturated heterocycles. The summed E-state index contributed by atoms with van der Waals surface area (Å²) in [6.45, 7) is 4.45. The van der Waals surface area contributed by atoms with E-state index in [0.717, 1.165) is 24.5 Å². The molecule has 2 amide bonds. The van der Waals surface area contributed by atoms with Gasteiger partial charge in [-0.3, -0.25) is 19.2 Å². The number of imide groups is 1. The van der Waals surface area contributed by atoms with Gasteiger partial charge in [0.15, 0.2) is 5.96 Å². The fraction of sp³-hybridized carbons (Fsp3) is 0.600. The third-order valence-corrected chi connectivity index (χ3v) is 5.93. The first kappa shape index (κ1) is 21.8. The number of nitrogens with one attached hydrogen (secondary N) is 2. The Morgan fingerprint density at radius 1 is 1.21 bits per heavy atom. The molecule has 2 N–H and O–H groups in total. The lowest BCUT2D eigenvalue weighted by Gasteiger charge is -2.18. The van der Waals surface area contributed by atoms with Crippen LogP contribution in [0.4, 0.5) is 0 Å². The summed E-state index contributed by atoms with van der Waals surface area (Å²) in [5, 5.41) is 10.6. The summed E-state index contributed by atoms with van der Waals surface area (Å²) < 4.78 is 1.76. The van der Waals surface area contributed by atoms with Gasteiger partial charge in [0.05, 0.1) is 24.6 Å². The van der Waals surface area contributed by atoms with Crippen LogP contribution in [0.3, 0.4) is 0 Å². The number of aromatic nitrogens is 2. The van der Waals surface area contributed by atoms with Crippen LogP contribution in [-0.2, 0) is 23.2 Å². The maximum absolute atomic E-state index is 12.7. The van der Waals surface area contributed by atoms with Gasteiger partial charge in [-0.25, -0.2) is 4.99 Å². The number of amides is 2. The summed E-state index contributed by atoms with van der Waals surface area (Å²) >= 11 is 0. The number of hydrogen-bond acceptors (Lipinski definition) is 4. The van der Waals surface area contributed by atoms with Gasteiger partial charge in [0.1, 0.15) is 0 Å². The number of carbonyl (C=O) groups excluding carboxylic acids is 2. The molecule has 1 saturated carbocycles. The summed E-state index contributed by atoms with van der Waals surface area (Å²) in [4.78, 5) is 31.4. The van der Waals surface area contributed by atoms with Gasteiger partial charge in [0.2, 0.25) is 11.8 Å². The Hall–Kier alpha value is -1.91. The average molecular weight is 512 g/mol. The fourth-order valence-electron chi connectivity index (χ4n) is 4.69. The van der Waals surface area contributed by atoms with Crippen LogP contribution in [0, 0.1) is 23.7 Å². The van der Waals surface area contributed by atoms with E-state index in [9.17, 15) is 9.59 Å². The number of aliphatic imine (C=N–C) groups is 1. The molecular formula is C20H29IN6O2. The fourth-order valence-corrected chi connectivity index (χ4v) is 4.69. The Kier molecular flexibility index (Phi) is 6.97. The van der Waals surface area contributed by atoms with Gasteiger partial charge < -0.3 is 10.6 Å². The highest BCUT2D eigenvalue weighted by Crippen LogP contribution is 2.52. The van der Waals surface area contributed by atoms with Gasteiger partial charge in [0, 0.05) is 38.4 Å². The second-order valence-electron chi connectivity index (χ2n) is 7.83. The van der Waals surface area contributed by atoms with Gasteiger partial charge in [0.25, 0.3) is 0 Å². The normalized spacial score (nSPS) is 27.4. The molecule has 9 heteroatoms. The molecular weight excluding hydrogens is 483 g/mol. The van der Waals surface area contributed by atoms with Crippen LogP contribution in [-0.4, -0.2) is 52.1 Å². The van der Waals surface area contributed by atoms with Crippen molar-refractivity contribution in [2.75, 3.05) is 19.6 Å². The highest BCUT2D eigenvalue weighted by molar-refractivity contribution is 14.0. The first-order valence-corrected chi connectivity index (χ1v) is 10.1. The molecule has 1 aromatic heterocycles. The van der Waals surface area contributed by atoms with E-state index in [1.807, 2.05) is 20.2 Å². The van der Waals surface area contributed by atoms with E-state index >= 15 is 0 Å². The largest absolute Gasteiger partial charge is 0.357 e. The van der Waals surface area contributed by atoms with Crippen LogP contribution in [0.25, 0.3) is 0 Å². The van der Waals surface area contributed by atoms with E-state index in [1.165, 1.54) is 4.90 Å². The highest BCUT2D eigenvalue weighted by Gasteiger charge is 2.58. The lowest BCUT2D eigenvalue weighted by Crippen LogP contribution is -2.40. The molecule has 3 aliphatic rings. The number of guanidine groups is 1. The average Bonchev–Trinajstić information content (AvgIpc) is 3.43. The summed E-state index contributed by atoms with van der Waals surface area (Å²) in [5.41, 5.74) is 1.04. The van der Waals surface area contributed by atoms with Crippen molar-refractivity contribution < 1.29 is 9.59 Å². The van der Waals surface area contributed by atoms with Gasteiger partial charge in [-0.05, 0) is 31.6 Å². The molecule has 8 nitrogen and oxygen atoms in total. The Morgan fingerprint density at radius 2 is 1.90 bits per heavy atom. The number of aryl methyl sites for hydroxylation is 1. The molecule has 1 aliphatic heterocycles. The molecule has 0 aromatic carbocycles. The third kappa shape index (κ3) is 4.34. The van der Waals surface area contributed by atoms with Crippen molar-refractivity contribution >= 4 is 41.8 Å². The number of likely N-dealkylation sites (tertiary alicyclic amines) is 1. The van der Waals surface area contributed by atoms with Crippen LogP contribution < -0.4 is 10.6 Å². The molecule has 1 aromatic rings. The van der Waals surface area contributed by atoms with Crippen LogP contribution in [0.5, 0.6) is 0 Å². The van der Waals surface area contributed by atoms with E-state index in [0.29, 0.717) is 26.1 Å². The van der Waals surface area contributed by atoms with Gasteiger partial charge in [-0.15, -0.1) is 24.0 Å². The second-order valence-corrected chi connectivity index (χ2v) is 7.83. The monoisotopic (exact) mass is 512 g/mol. The van der Waals surface area contributed by atoms with Crippen molar-refractivity contribution in [2.45, 2.75) is 26.3 Å². The van der Waals surface area contributed by atoms with Crippen LogP contribution in [0.1, 0.15) is 25.3 Å². The number of allylic oxidation sites excluding steroid dienone is 2. The van der Waals surface area contributed by atoms with Crippen molar-refractivity contribution in [3.63, 3.8) is 0 Å². The standard InChI is InChI=1S/C20H28N6O2.HI/c1-3-21-20(23-10-13-11-24-25(2)12-13)22-7-4-8-26-18(27)16-14-5-6-15(9-14)17(16)19(26)28;/h5-6,11-12,14-17H,3-4,7-10H2,1-2H3,(H2,21,22,23);1H. The lowest BCUT2D eigenvalue weighted by molar-refractivity contribution is -0.140. The molecule has 4 atom stereocenters. The summed E-state index contributed by atoms with van der Waals surface area (Å²) in [6, 6.07) is 0. The van der Waals surface area contributed by atoms with Gasteiger partial charge in [-0.1, -0.05) is 12.2 Å². The maximum Gasteiger partial charge on any atom is 0.233 e.